The van der Waals surface area contributed by atoms with Crippen LogP contribution in [0.4, 0.5) is 0 Å². The average Bonchev–Trinajstić information content (AvgIpc) is 3.31. The highest BCUT2D eigenvalue weighted by molar-refractivity contribution is 5.69. The van der Waals surface area contributed by atoms with Gasteiger partial charge in [0.2, 0.25) is 0 Å². The summed E-state index contributed by atoms with van der Waals surface area (Å²) >= 11 is 0. The van der Waals surface area contributed by atoms with Crippen molar-refractivity contribution in [2.24, 2.45) is 0 Å². The molecular weight excluding hydrogens is 817 g/mol. The lowest BCUT2D eigenvalue weighted by Gasteiger charge is -2.39. The van der Waals surface area contributed by atoms with Gasteiger partial charge in [0, 0.05) is 13.0 Å². The van der Waals surface area contributed by atoms with Crippen LogP contribution in [0.5, 0.6) is 0 Å². The molecule has 1 aliphatic heterocycles. The molecule has 0 aromatic rings. The minimum absolute atomic E-state index is 0.107. The number of aliphatic hydroxyl groups is 4. The second-order valence-corrected chi connectivity index (χ2v) is 17.2. The van der Waals surface area contributed by atoms with Gasteiger partial charge in [-0.05, 0) is 96.3 Å². The number of carbonyl (C=O) groups is 1. The maximum atomic E-state index is 12.8. The lowest BCUT2D eigenvalue weighted by atomic mass is 9.99. The Balaban J connectivity index is 2.27. The molecule has 0 bridgehead atoms. The molecule has 0 aromatic heterocycles. The predicted octanol–water partition coefficient (Wildman–Crippen LogP) is 12.8. The van der Waals surface area contributed by atoms with E-state index in [0.29, 0.717) is 13.0 Å². The molecule has 0 radical (unpaired) electrons. The first kappa shape index (κ1) is 60.1. The van der Waals surface area contributed by atoms with Gasteiger partial charge in [-0.15, -0.1) is 0 Å². The summed E-state index contributed by atoms with van der Waals surface area (Å²) in [6.45, 7) is 4.32. The molecule has 0 spiro atoms. The third-order valence-corrected chi connectivity index (χ3v) is 11.2. The van der Waals surface area contributed by atoms with Crippen LogP contribution in [0.2, 0.25) is 0 Å². The van der Waals surface area contributed by atoms with Gasteiger partial charge >= 0.3 is 5.97 Å². The highest BCUT2D eigenvalue weighted by Gasteiger charge is 2.44. The topological polar surface area (TPSA) is 135 Å². The van der Waals surface area contributed by atoms with Crippen molar-refractivity contribution in [1.29, 1.82) is 0 Å². The Labute approximate surface area is 396 Å². The first-order chi connectivity index (χ1) is 31.9. The third-order valence-electron chi connectivity index (χ3n) is 11.2. The zero-order valence-corrected chi connectivity index (χ0v) is 41.0. The molecule has 9 nitrogen and oxygen atoms in total. The normalized spacial score (nSPS) is 20.2. The molecule has 372 valence electrons. The molecule has 65 heavy (non-hydrogen) atoms. The maximum Gasteiger partial charge on any atom is 0.306 e. The van der Waals surface area contributed by atoms with E-state index in [0.717, 1.165) is 89.9 Å². The summed E-state index contributed by atoms with van der Waals surface area (Å²) in [4.78, 5) is 12.8. The van der Waals surface area contributed by atoms with E-state index in [9.17, 15) is 25.2 Å². The van der Waals surface area contributed by atoms with Crippen LogP contribution in [-0.2, 0) is 23.7 Å². The number of unbranched alkanes of at least 4 members (excludes halogenated alkanes) is 16. The molecule has 9 heteroatoms. The quantitative estimate of drug-likeness (QED) is 0.0268. The van der Waals surface area contributed by atoms with E-state index in [1.807, 2.05) is 0 Å². The smallest absolute Gasteiger partial charge is 0.306 e. The Morgan fingerprint density at radius 2 is 0.938 bits per heavy atom. The van der Waals surface area contributed by atoms with Gasteiger partial charge in [-0.2, -0.15) is 0 Å². The third kappa shape index (κ3) is 36.9. The molecule has 0 aliphatic carbocycles. The second kappa shape index (κ2) is 46.2. The molecule has 6 unspecified atom stereocenters. The van der Waals surface area contributed by atoms with Gasteiger partial charge in [0.1, 0.15) is 30.5 Å². The van der Waals surface area contributed by atoms with Crippen molar-refractivity contribution in [3.63, 3.8) is 0 Å². The minimum atomic E-state index is -1.55. The number of esters is 1. The Morgan fingerprint density at radius 3 is 1.43 bits per heavy atom. The van der Waals surface area contributed by atoms with Crippen LogP contribution >= 0.6 is 0 Å². The number of hydrogen-bond acceptors (Lipinski definition) is 9. The lowest BCUT2D eigenvalue weighted by molar-refractivity contribution is -0.305. The van der Waals surface area contributed by atoms with Crippen molar-refractivity contribution in [1.82, 2.24) is 0 Å². The minimum Gasteiger partial charge on any atom is -0.457 e. The number of hydrogen-bond donors (Lipinski definition) is 4. The number of carbonyl (C=O) groups excluding carboxylic acids is 1. The molecule has 0 amide bonds. The highest BCUT2D eigenvalue weighted by Crippen LogP contribution is 2.22. The Hall–Kier alpha value is -2.89. The van der Waals surface area contributed by atoms with E-state index < -0.39 is 43.4 Å². The summed E-state index contributed by atoms with van der Waals surface area (Å²) in [5, 5.41) is 40.2. The highest BCUT2D eigenvalue weighted by atomic mass is 16.7. The zero-order chi connectivity index (χ0) is 47.1. The molecule has 1 fully saturated rings. The summed E-state index contributed by atoms with van der Waals surface area (Å²) in [6.07, 6.45) is 57.3. The standard InChI is InChI=1S/C56H94O9/c1-3-5-7-9-11-13-15-17-19-21-23-24-25-26-27-28-30-32-34-36-38-40-42-44-46-62-48-50(49-63-56-55(61)54(60)53(59)51(47-57)65-56)64-52(58)45-43-41-39-37-35-33-31-29-22-20-18-16-14-12-10-8-6-4-2/h5,7,11,13,17,19-20,22-24,26-27,30,32,36,38,50-51,53-57,59-61H,3-4,6,8-10,12,14-16,18,21,25,28-29,31,33-35,37,39-49H2,1-2H3/b7-5-,13-11-,19-17-,22-20-,24-23-,27-26-,32-30-,38-36-. The molecule has 4 N–H and O–H groups in total. The lowest BCUT2D eigenvalue weighted by Crippen LogP contribution is -2.59. The fraction of sp³-hybridized carbons (Fsp3) is 0.696. The van der Waals surface area contributed by atoms with Crippen LogP contribution in [0, 0.1) is 0 Å². The average molecular weight is 911 g/mol. The van der Waals surface area contributed by atoms with Crippen molar-refractivity contribution >= 4 is 5.97 Å². The van der Waals surface area contributed by atoms with E-state index in [4.69, 9.17) is 18.9 Å². The van der Waals surface area contributed by atoms with Gasteiger partial charge in [0.15, 0.2) is 6.29 Å². The van der Waals surface area contributed by atoms with E-state index in [-0.39, 0.29) is 19.2 Å². The molecule has 1 aliphatic rings. The van der Waals surface area contributed by atoms with Crippen molar-refractivity contribution in [2.45, 2.75) is 224 Å². The molecule has 1 saturated heterocycles. The molecular formula is C56H94O9. The Morgan fingerprint density at radius 1 is 0.508 bits per heavy atom. The van der Waals surface area contributed by atoms with E-state index in [2.05, 4.69) is 111 Å². The van der Waals surface area contributed by atoms with Crippen molar-refractivity contribution in [3.05, 3.63) is 97.2 Å². The number of aliphatic hydroxyl groups excluding tert-OH is 4. The van der Waals surface area contributed by atoms with Crippen molar-refractivity contribution < 1.29 is 44.2 Å². The van der Waals surface area contributed by atoms with E-state index in [1.165, 1.54) is 77.0 Å². The van der Waals surface area contributed by atoms with Crippen LogP contribution in [0.3, 0.4) is 0 Å². The monoisotopic (exact) mass is 911 g/mol. The van der Waals surface area contributed by atoms with E-state index in [1.54, 1.807) is 0 Å². The summed E-state index contributed by atoms with van der Waals surface area (Å²) in [7, 11) is 0. The molecule has 1 heterocycles. The van der Waals surface area contributed by atoms with Gasteiger partial charge in [-0.25, -0.2) is 0 Å². The predicted molar refractivity (Wildman–Crippen MR) is 270 cm³/mol. The van der Waals surface area contributed by atoms with Crippen LogP contribution in [-0.4, -0.2) is 89.6 Å². The van der Waals surface area contributed by atoms with Gasteiger partial charge in [-0.3, -0.25) is 4.79 Å². The maximum absolute atomic E-state index is 12.8. The number of allylic oxidation sites excluding steroid dienone is 16. The van der Waals surface area contributed by atoms with Crippen LogP contribution in [0.1, 0.15) is 187 Å². The number of ether oxygens (including phenoxy) is 4. The Bertz CT molecular complexity index is 1310. The summed E-state index contributed by atoms with van der Waals surface area (Å²) in [5.74, 6) is -0.337. The van der Waals surface area contributed by atoms with Crippen LogP contribution in [0.15, 0.2) is 97.2 Å². The van der Waals surface area contributed by atoms with Crippen molar-refractivity contribution in [2.75, 3.05) is 26.4 Å². The first-order valence-electron chi connectivity index (χ1n) is 25.8. The largest absolute Gasteiger partial charge is 0.457 e. The number of rotatable bonds is 43. The molecule has 6 atom stereocenters. The Kier molecular flexibility index (Phi) is 42.8. The van der Waals surface area contributed by atoms with Crippen LogP contribution in [0.25, 0.3) is 0 Å². The molecule has 0 saturated carbocycles. The summed E-state index contributed by atoms with van der Waals surface area (Å²) in [5.41, 5.74) is 0. The van der Waals surface area contributed by atoms with Crippen LogP contribution < -0.4 is 0 Å². The first-order valence-corrected chi connectivity index (χ1v) is 25.8. The van der Waals surface area contributed by atoms with Gasteiger partial charge in [0.25, 0.3) is 0 Å². The van der Waals surface area contributed by atoms with Crippen molar-refractivity contribution in [3.8, 4) is 0 Å². The second-order valence-electron chi connectivity index (χ2n) is 17.2. The summed E-state index contributed by atoms with van der Waals surface area (Å²) in [6, 6.07) is 0. The fourth-order valence-electron chi connectivity index (χ4n) is 7.23. The van der Waals surface area contributed by atoms with E-state index >= 15 is 0 Å². The zero-order valence-electron chi connectivity index (χ0n) is 41.0. The SMILES string of the molecule is CC/C=C\C/C=C\C/C=C\C/C=C\C/C=C\C/C=C\C/C=C\CCCCOCC(COC1OC(CO)C(O)C(O)C1O)OC(=O)CCCCCCCCC/C=C\CCCCCCCCC. The van der Waals surface area contributed by atoms with Gasteiger partial charge < -0.3 is 39.4 Å². The van der Waals surface area contributed by atoms with Gasteiger partial charge in [0.05, 0.1) is 19.8 Å². The van der Waals surface area contributed by atoms with Gasteiger partial charge in [-0.1, -0.05) is 182 Å². The summed E-state index contributed by atoms with van der Waals surface area (Å²) < 4.78 is 22.8. The fourth-order valence-corrected chi connectivity index (χ4v) is 7.23. The molecule has 1 rings (SSSR count). The molecule has 0 aromatic carbocycles.